The molecule has 3 aromatic carbocycles. The molecule has 3 aromatic rings. The Balaban J connectivity index is 0.000000172. The van der Waals surface area contributed by atoms with Crippen molar-refractivity contribution in [2.24, 2.45) is 16.7 Å². The van der Waals surface area contributed by atoms with Gasteiger partial charge in [-0.15, -0.1) is 0 Å². The Kier molecular flexibility index (Phi) is 7.13. The van der Waals surface area contributed by atoms with E-state index in [0.29, 0.717) is 18.6 Å². The van der Waals surface area contributed by atoms with Crippen LogP contribution in [-0.2, 0) is 25.8 Å². The second kappa shape index (κ2) is 9.80. The molecule has 0 heterocycles. The van der Waals surface area contributed by atoms with Gasteiger partial charge in [-0.1, -0.05) is 50.2 Å². The lowest BCUT2D eigenvalue weighted by molar-refractivity contribution is -0.128. The summed E-state index contributed by atoms with van der Waals surface area (Å²) in [6, 6.07) is 28.5. The summed E-state index contributed by atoms with van der Waals surface area (Å²) in [5.74, 6) is 0.0239. The lowest BCUT2D eigenvalue weighted by Crippen LogP contribution is -2.42. The molecule has 0 amide bonds. The third-order valence-electron chi connectivity index (χ3n) is 7.59. The summed E-state index contributed by atoms with van der Waals surface area (Å²) >= 11 is 0. The smallest absolute Gasteiger partial charge is 0.166 e. The van der Waals surface area contributed by atoms with E-state index in [1.807, 2.05) is 38.1 Å². The zero-order valence-electron chi connectivity index (χ0n) is 19.9. The molecule has 0 saturated heterocycles. The van der Waals surface area contributed by atoms with Crippen molar-refractivity contribution in [2.75, 3.05) is 5.75 Å². The Bertz CT molecular complexity index is 1230. The van der Waals surface area contributed by atoms with Crippen LogP contribution in [0.5, 0.6) is 5.75 Å². The molecular formula is C28H30O5S2. The van der Waals surface area contributed by atoms with Gasteiger partial charge in [0.15, 0.2) is 14.7 Å². The van der Waals surface area contributed by atoms with E-state index in [2.05, 4.69) is 48.5 Å². The maximum Gasteiger partial charge on any atom is 0.166 e. The zero-order chi connectivity index (χ0) is 25.3. The Morgan fingerprint density at radius 3 is 1.77 bits per heavy atom. The summed E-state index contributed by atoms with van der Waals surface area (Å²) in [6.45, 7) is 3.83. The highest BCUT2D eigenvalue weighted by molar-refractivity contribution is 7.97. The summed E-state index contributed by atoms with van der Waals surface area (Å²) in [6.07, 6.45) is 1.88. The highest BCUT2D eigenvalue weighted by Crippen LogP contribution is 2.64. The van der Waals surface area contributed by atoms with Crippen LogP contribution >= 0.6 is 0 Å². The van der Waals surface area contributed by atoms with Crippen LogP contribution < -0.4 is 0 Å². The molecule has 2 bridgehead atoms. The number of hydrogen-bond acceptors (Lipinski definition) is 5. The molecule has 184 valence electrons. The molecule has 35 heavy (non-hydrogen) atoms. The fourth-order valence-electron chi connectivity index (χ4n) is 5.51. The number of phenolic OH excluding ortho intramolecular Hbond substituents is 1. The van der Waals surface area contributed by atoms with Gasteiger partial charge in [-0.25, -0.2) is 8.42 Å². The number of hydrogen-bond donors (Lipinski definition) is 1. The van der Waals surface area contributed by atoms with Gasteiger partial charge < -0.3 is 9.66 Å². The first-order chi connectivity index (χ1) is 16.5. The Labute approximate surface area is 210 Å². The number of Topliss-reactive ketones (excluding diaryl/α,β-unsaturated/α-hetero) is 1. The van der Waals surface area contributed by atoms with E-state index in [1.54, 1.807) is 12.1 Å². The van der Waals surface area contributed by atoms with Crippen molar-refractivity contribution >= 4 is 26.8 Å². The fourth-order valence-corrected chi connectivity index (χ4v) is 8.88. The lowest BCUT2D eigenvalue weighted by Gasteiger charge is -2.37. The summed E-state index contributed by atoms with van der Waals surface area (Å²) in [5, 5.41) is 9.48. The Morgan fingerprint density at radius 2 is 1.37 bits per heavy atom. The number of fused-ring (bicyclic) bond motifs is 2. The SMILES string of the molecule is CC1(C)C2CCC1(CS(=O)(=O)[O-])C(=O)C2.Oc1ccc([S+](c2ccccc2)c2ccccc2)cc1. The molecule has 5 rings (SSSR count). The molecule has 0 radical (unpaired) electrons. The molecule has 2 saturated carbocycles. The molecule has 5 nitrogen and oxygen atoms in total. The molecule has 0 aromatic heterocycles. The second-order valence-electron chi connectivity index (χ2n) is 9.79. The first-order valence-electron chi connectivity index (χ1n) is 11.6. The summed E-state index contributed by atoms with van der Waals surface area (Å²) in [4.78, 5) is 15.6. The van der Waals surface area contributed by atoms with E-state index in [9.17, 15) is 22.9 Å². The molecule has 0 aliphatic heterocycles. The summed E-state index contributed by atoms with van der Waals surface area (Å²) in [5.41, 5.74) is -1.22. The van der Waals surface area contributed by atoms with Crippen LogP contribution in [0.2, 0.25) is 0 Å². The minimum Gasteiger partial charge on any atom is -0.748 e. The molecule has 2 atom stereocenters. The van der Waals surface area contributed by atoms with Crippen LogP contribution in [-0.4, -0.2) is 29.6 Å². The largest absolute Gasteiger partial charge is 0.748 e. The van der Waals surface area contributed by atoms with Gasteiger partial charge in [0.25, 0.3) is 0 Å². The molecular weight excluding hydrogens is 480 g/mol. The van der Waals surface area contributed by atoms with Gasteiger partial charge in [0.2, 0.25) is 0 Å². The summed E-state index contributed by atoms with van der Waals surface area (Å²) < 4.78 is 32.7. The number of aromatic hydroxyl groups is 1. The van der Waals surface area contributed by atoms with E-state index < -0.39 is 21.3 Å². The van der Waals surface area contributed by atoms with Gasteiger partial charge in [0.05, 0.1) is 26.8 Å². The van der Waals surface area contributed by atoms with Crippen LogP contribution in [0, 0.1) is 16.7 Å². The van der Waals surface area contributed by atoms with Crippen molar-refractivity contribution in [1.82, 2.24) is 0 Å². The number of carbonyl (C=O) groups is 1. The van der Waals surface area contributed by atoms with Crippen molar-refractivity contribution in [3.05, 3.63) is 84.9 Å². The summed E-state index contributed by atoms with van der Waals surface area (Å²) in [7, 11) is -4.46. The second-order valence-corrected chi connectivity index (χ2v) is 13.2. The molecule has 2 aliphatic carbocycles. The van der Waals surface area contributed by atoms with E-state index in [-0.39, 0.29) is 28.0 Å². The third-order valence-corrected chi connectivity index (χ3v) is 10.7. The monoisotopic (exact) mass is 510 g/mol. The highest BCUT2D eigenvalue weighted by Gasteiger charge is 2.64. The average molecular weight is 511 g/mol. The van der Waals surface area contributed by atoms with Crippen molar-refractivity contribution in [3.63, 3.8) is 0 Å². The van der Waals surface area contributed by atoms with E-state index >= 15 is 0 Å². The zero-order valence-corrected chi connectivity index (χ0v) is 21.5. The van der Waals surface area contributed by atoms with E-state index in [1.165, 1.54) is 14.7 Å². The van der Waals surface area contributed by atoms with Crippen molar-refractivity contribution in [1.29, 1.82) is 0 Å². The average Bonchev–Trinajstić information content (AvgIpc) is 3.16. The highest BCUT2D eigenvalue weighted by atomic mass is 32.2. The fraction of sp³-hybridized carbons (Fsp3) is 0.321. The number of ketones is 1. The minimum atomic E-state index is -4.33. The van der Waals surface area contributed by atoms with Crippen LogP contribution in [0.1, 0.15) is 33.1 Å². The van der Waals surface area contributed by atoms with Crippen molar-refractivity contribution < 1.29 is 22.9 Å². The predicted octanol–water partition coefficient (Wildman–Crippen LogP) is 5.41. The van der Waals surface area contributed by atoms with Crippen molar-refractivity contribution in [3.8, 4) is 5.75 Å². The van der Waals surface area contributed by atoms with E-state index in [0.717, 1.165) is 6.42 Å². The number of rotatable bonds is 5. The predicted molar refractivity (Wildman–Crippen MR) is 136 cm³/mol. The number of carbonyl (C=O) groups excluding carboxylic acids is 1. The van der Waals surface area contributed by atoms with Gasteiger partial charge in [-0.05, 0) is 72.7 Å². The standard InChI is InChI=1S/C18H14OS.C10H16O4S/c19-15-11-13-18(14-12-15)20(16-7-3-1-4-8-16)17-9-5-2-6-10-17;1-9(2)7-3-4-10(9,8(11)5-7)6-15(12,13)14/h1-14H;7H,3-6H2,1-2H3,(H,12,13,14). The molecule has 1 N–H and O–H groups in total. The molecule has 2 unspecified atom stereocenters. The van der Waals surface area contributed by atoms with Crippen LogP contribution in [0.15, 0.2) is 99.6 Å². The first kappa shape index (κ1) is 25.5. The Morgan fingerprint density at radius 1 is 0.886 bits per heavy atom. The Hall–Kier alpha value is -2.61. The first-order valence-corrected chi connectivity index (χ1v) is 14.4. The van der Waals surface area contributed by atoms with Crippen molar-refractivity contribution in [2.45, 2.75) is 47.8 Å². The van der Waals surface area contributed by atoms with Gasteiger partial charge in [-0.2, -0.15) is 0 Å². The van der Waals surface area contributed by atoms with Crippen LogP contribution in [0.25, 0.3) is 0 Å². The number of phenols is 1. The van der Waals surface area contributed by atoms with Gasteiger partial charge in [-0.3, -0.25) is 4.79 Å². The normalized spacial score (nSPS) is 22.6. The molecule has 0 spiro atoms. The molecule has 2 aliphatic rings. The minimum absolute atomic E-state index is 0.0248. The molecule has 7 heteroatoms. The number of benzene rings is 3. The maximum atomic E-state index is 11.8. The van der Waals surface area contributed by atoms with E-state index in [4.69, 9.17) is 0 Å². The molecule has 2 fully saturated rings. The van der Waals surface area contributed by atoms with Crippen LogP contribution in [0.3, 0.4) is 0 Å². The maximum absolute atomic E-state index is 11.8. The van der Waals surface area contributed by atoms with Gasteiger partial charge >= 0.3 is 0 Å². The third kappa shape index (κ3) is 5.17. The lowest BCUT2D eigenvalue weighted by atomic mass is 9.70. The van der Waals surface area contributed by atoms with Crippen LogP contribution in [0.4, 0.5) is 0 Å². The van der Waals surface area contributed by atoms with Gasteiger partial charge in [0, 0.05) is 11.8 Å². The topological polar surface area (TPSA) is 94.5 Å². The van der Waals surface area contributed by atoms with Gasteiger partial charge in [0.1, 0.15) is 11.5 Å². The quantitative estimate of drug-likeness (QED) is 0.366.